The lowest BCUT2D eigenvalue weighted by Crippen LogP contribution is -2.27. The number of amides is 2. The molecule has 1 aromatic heterocycles. The molecule has 22 heavy (non-hydrogen) atoms. The zero-order chi connectivity index (χ0) is 15.4. The molecule has 1 aliphatic rings. The van der Waals surface area contributed by atoms with Crippen molar-refractivity contribution >= 4 is 17.5 Å². The summed E-state index contributed by atoms with van der Waals surface area (Å²) in [6, 6.07) is 7.65. The number of anilines is 1. The van der Waals surface area contributed by atoms with Gasteiger partial charge < -0.3 is 10.2 Å². The van der Waals surface area contributed by atoms with Gasteiger partial charge in [0, 0.05) is 25.2 Å². The summed E-state index contributed by atoms with van der Waals surface area (Å²) >= 11 is 0. The number of tetrazole rings is 1. The summed E-state index contributed by atoms with van der Waals surface area (Å²) in [7, 11) is 0. The van der Waals surface area contributed by atoms with Crippen LogP contribution in [-0.2, 0) is 22.7 Å². The Morgan fingerprint density at radius 3 is 2.73 bits per heavy atom. The summed E-state index contributed by atoms with van der Waals surface area (Å²) in [6.45, 7) is 1.30. The molecule has 0 saturated carbocycles. The second-order valence-corrected chi connectivity index (χ2v) is 5.10. The molecule has 1 N–H and O–H groups in total. The smallest absolute Gasteiger partial charge is 0.242 e. The third-order valence-corrected chi connectivity index (χ3v) is 3.51. The highest BCUT2D eigenvalue weighted by Crippen LogP contribution is 2.21. The van der Waals surface area contributed by atoms with Gasteiger partial charge in [-0.15, -0.1) is 5.10 Å². The molecular formula is C14H16N6O2. The van der Waals surface area contributed by atoms with Crippen molar-refractivity contribution in [2.75, 3.05) is 11.4 Å². The second kappa shape index (κ2) is 6.33. The molecule has 0 aliphatic carbocycles. The van der Waals surface area contributed by atoms with Crippen LogP contribution >= 0.6 is 0 Å². The van der Waals surface area contributed by atoms with Crippen molar-refractivity contribution in [3.63, 3.8) is 0 Å². The Morgan fingerprint density at radius 2 is 2.09 bits per heavy atom. The number of hydrogen-bond acceptors (Lipinski definition) is 5. The maximum absolute atomic E-state index is 11.7. The fraction of sp³-hybridized carbons (Fsp3) is 0.357. The Labute approximate surface area is 127 Å². The van der Waals surface area contributed by atoms with E-state index >= 15 is 0 Å². The molecule has 1 saturated heterocycles. The zero-order valence-electron chi connectivity index (χ0n) is 12.0. The lowest BCUT2D eigenvalue weighted by atomic mass is 10.2. The van der Waals surface area contributed by atoms with E-state index in [0.29, 0.717) is 13.0 Å². The van der Waals surface area contributed by atoms with E-state index in [-0.39, 0.29) is 18.4 Å². The molecular weight excluding hydrogens is 284 g/mol. The van der Waals surface area contributed by atoms with Gasteiger partial charge in [0.05, 0.1) is 0 Å². The molecule has 2 heterocycles. The van der Waals surface area contributed by atoms with Crippen molar-refractivity contribution in [1.29, 1.82) is 0 Å². The fourth-order valence-corrected chi connectivity index (χ4v) is 2.37. The maximum Gasteiger partial charge on any atom is 0.242 e. The maximum atomic E-state index is 11.7. The van der Waals surface area contributed by atoms with Gasteiger partial charge in [-0.2, -0.15) is 0 Å². The molecule has 0 bridgehead atoms. The minimum Gasteiger partial charge on any atom is -0.350 e. The minimum atomic E-state index is -0.161. The van der Waals surface area contributed by atoms with Gasteiger partial charge in [-0.25, -0.2) is 4.68 Å². The molecule has 3 rings (SSSR count). The van der Waals surface area contributed by atoms with Gasteiger partial charge in [0.15, 0.2) is 0 Å². The van der Waals surface area contributed by atoms with E-state index in [1.165, 1.54) is 11.0 Å². The lowest BCUT2D eigenvalue weighted by molar-refractivity contribution is -0.122. The lowest BCUT2D eigenvalue weighted by Gasteiger charge is -2.16. The first-order valence-corrected chi connectivity index (χ1v) is 7.09. The van der Waals surface area contributed by atoms with Crippen LogP contribution in [0, 0.1) is 0 Å². The van der Waals surface area contributed by atoms with E-state index in [1.807, 2.05) is 24.3 Å². The van der Waals surface area contributed by atoms with Crippen molar-refractivity contribution < 1.29 is 9.59 Å². The Hall–Kier alpha value is -2.77. The number of aromatic nitrogens is 4. The third kappa shape index (κ3) is 3.27. The van der Waals surface area contributed by atoms with Gasteiger partial charge in [0.1, 0.15) is 12.9 Å². The van der Waals surface area contributed by atoms with E-state index in [0.717, 1.165) is 24.2 Å². The van der Waals surface area contributed by atoms with Crippen LogP contribution in [0.4, 0.5) is 5.69 Å². The molecule has 2 amide bonds. The van der Waals surface area contributed by atoms with Crippen LogP contribution in [-0.4, -0.2) is 38.6 Å². The average Bonchev–Trinajstić information content (AvgIpc) is 3.17. The molecule has 1 aliphatic heterocycles. The third-order valence-electron chi connectivity index (χ3n) is 3.51. The van der Waals surface area contributed by atoms with Crippen LogP contribution in [0.25, 0.3) is 0 Å². The van der Waals surface area contributed by atoms with Crippen molar-refractivity contribution in [1.82, 2.24) is 25.5 Å². The van der Waals surface area contributed by atoms with E-state index < -0.39 is 0 Å². The summed E-state index contributed by atoms with van der Waals surface area (Å²) in [6.07, 6.45) is 2.92. The van der Waals surface area contributed by atoms with Gasteiger partial charge in [-0.05, 0) is 34.5 Å². The van der Waals surface area contributed by atoms with Crippen molar-refractivity contribution in [2.24, 2.45) is 0 Å². The Morgan fingerprint density at radius 1 is 1.27 bits per heavy atom. The number of rotatable bonds is 5. The highest BCUT2D eigenvalue weighted by Gasteiger charge is 2.21. The van der Waals surface area contributed by atoms with Crippen molar-refractivity contribution in [3.05, 3.63) is 36.2 Å². The summed E-state index contributed by atoms with van der Waals surface area (Å²) in [4.78, 5) is 25.2. The average molecular weight is 300 g/mol. The number of nitrogens with zero attached hydrogens (tertiary/aromatic N) is 5. The van der Waals surface area contributed by atoms with Crippen LogP contribution in [0.3, 0.4) is 0 Å². The molecule has 8 heteroatoms. The van der Waals surface area contributed by atoms with Crippen LogP contribution in [0.15, 0.2) is 30.6 Å². The summed E-state index contributed by atoms with van der Waals surface area (Å²) in [5.41, 5.74) is 1.88. The normalized spacial score (nSPS) is 14.4. The first kappa shape index (κ1) is 14.2. The highest BCUT2D eigenvalue weighted by atomic mass is 16.2. The Balaban J connectivity index is 1.52. The number of carbonyl (C=O) groups is 2. The predicted octanol–water partition coefficient (Wildman–Crippen LogP) is 0.116. The molecule has 114 valence electrons. The van der Waals surface area contributed by atoms with E-state index in [1.54, 1.807) is 4.90 Å². The van der Waals surface area contributed by atoms with Crippen LogP contribution in [0.2, 0.25) is 0 Å². The van der Waals surface area contributed by atoms with Crippen molar-refractivity contribution in [3.8, 4) is 0 Å². The van der Waals surface area contributed by atoms with E-state index in [2.05, 4.69) is 20.8 Å². The van der Waals surface area contributed by atoms with Gasteiger partial charge in [0.25, 0.3) is 0 Å². The zero-order valence-corrected chi connectivity index (χ0v) is 12.0. The molecule has 0 spiro atoms. The minimum absolute atomic E-state index is 0.0906. The second-order valence-electron chi connectivity index (χ2n) is 5.10. The van der Waals surface area contributed by atoms with E-state index in [9.17, 15) is 9.59 Å². The summed E-state index contributed by atoms with van der Waals surface area (Å²) in [5.74, 6) is 0.00796. The first-order chi connectivity index (χ1) is 10.7. The predicted molar refractivity (Wildman–Crippen MR) is 77.7 cm³/mol. The Bertz CT molecular complexity index is 652. The number of carbonyl (C=O) groups excluding carboxylic acids is 2. The van der Waals surface area contributed by atoms with E-state index in [4.69, 9.17) is 0 Å². The molecule has 0 atom stereocenters. The summed E-state index contributed by atoms with van der Waals surface area (Å²) < 4.78 is 1.36. The summed E-state index contributed by atoms with van der Waals surface area (Å²) in [5, 5.41) is 13.4. The molecule has 1 aromatic carbocycles. The highest BCUT2D eigenvalue weighted by molar-refractivity contribution is 5.95. The van der Waals surface area contributed by atoms with Gasteiger partial charge in [-0.1, -0.05) is 12.1 Å². The monoisotopic (exact) mass is 300 g/mol. The number of benzene rings is 1. The first-order valence-electron chi connectivity index (χ1n) is 7.09. The quantitative estimate of drug-likeness (QED) is 0.846. The SMILES string of the molecule is O=C(Cn1cnnn1)NCc1ccc(N2CCCC2=O)cc1. The van der Waals surface area contributed by atoms with Crippen LogP contribution in [0.5, 0.6) is 0 Å². The van der Waals surface area contributed by atoms with Gasteiger partial charge >= 0.3 is 0 Å². The molecule has 0 unspecified atom stereocenters. The molecule has 8 nitrogen and oxygen atoms in total. The van der Waals surface area contributed by atoms with Gasteiger partial charge in [0.2, 0.25) is 11.8 Å². The Kier molecular flexibility index (Phi) is 4.08. The standard InChI is InChI=1S/C14H16N6O2/c21-13(9-19-10-16-17-18-19)15-8-11-3-5-12(6-4-11)20-7-1-2-14(20)22/h3-6,10H,1-2,7-9H2,(H,15,21). The topological polar surface area (TPSA) is 93.0 Å². The molecule has 2 aromatic rings. The van der Waals surface area contributed by atoms with Gasteiger partial charge in [-0.3, -0.25) is 9.59 Å². The van der Waals surface area contributed by atoms with Crippen LogP contribution in [0.1, 0.15) is 18.4 Å². The number of nitrogens with one attached hydrogen (secondary N) is 1. The number of hydrogen-bond donors (Lipinski definition) is 1. The fourth-order valence-electron chi connectivity index (χ4n) is 2.37. The largest absolute Gasteiger partial charge is 0.350 e. The van der Waals surface area contributed by atoms with Crippen molar-refractivity contribution in [2.45, 2.75) is 25.9 Å². The molecule has 1 fully saturated rings. The van der Waals surface area contributed by atoms with Crippen LogP contribution < -0.4 is 10.2 Å². The molecule has 0 radical (unpaired) electrons.